The molecule has 5 rings (SSSR count). The van der Waals surface area contributed by atoms with Gasteiger partial charge in [0.1, 0.15) is 12.4 Å². The third kappa shape index (κ3) is 3.15. The second kappa shape index (κ2) is 7.15. The molecule has 0 fully saturated rings. The van der Waals surface area contributed by atoms with Crippen molar-refractivity contribution in [3.8, 4) is 22.6 Å². The minimum absolute atomic E-state index is 0.0863. The fourth-order valence-electron chi connectivity index (χ4n) is 5.73. The summed E-state index contributed by atoms with van der Waals surface area (Å²) < 4.78 is 25.8. The van der Waals surface area contributed by atoms with Crippen LogP contribution in [0.5, 0.6) is 11.5 Å². The average Bonchev–Trinajstić information content (AvgIpc) is 2.72. The molecule has 0 saturated carbocycles. The molecule has 31 heavy (non-hydrogen) atoms. The summed E-state index contributed by atoms with van der Waals surface area (Å²) in [5, 5.41) is 0. The van der Waals surface area contributed by atoms with Gasteiger partial charge in [0, 0.05) is 34.5 Å². The molecule has 0 aromatic heterocycles. The van der Waals surface area contributed by atoms with Crippen molar-refractivity contribution in [2.24, 2.45) is 0 Å². The van der Waals surface area contributed by atoms with Crippen molar-refractivity contribution in [1.29, 1.82) is 0 Å². The maximum atomic E-state index is 14.5. The third-order valence-electron chi connectivity index (χ3n) is 6.93. The van der Waals surface area contributed by atoms with Gasteiger partial charge in [-0.05, 0) is 70.2 Å². The van der Waals surface area contributed by atoms with Gasteiger partial charge < -0.3 is 14.4 Å². The molecule has 0 bridgehead atoms. The highest BCUT2D eigenvalue weighted by Gasteiger charge is 2.38. The molecule has 162 valence electrons. The number of fused-ring (bicyclic) bond motifs is 5. The summed E-state index contributed by atoms with van der Waals surface area (Å²) in [6, 6.07) is 7.93. The lowest BCUT2D eigenvalue weighted by molar-refractivity contribution is 0.297. The van der Waals surface area contributed by atoms with E-state index in [0.717, 1.165) is 23.1 Å². The van der Waals surface area contributed by atoms with E-state index in [1.54, 1.807) is 6.07 Å². The van der Waals surface area contributed by atoms with Crippen molar-refractivity contribution < 1.29 is 13.9 Å². The molecule has 0 saturated heterocycles. The van der Waals surface area contributed by atoms with Crippen LogP contribution in [-0.2, 0) is 6.61 Å². The fraction of sp³-hybridized carbons (Fsp3) is 0.407. The molecule has 1 aliphatic carbocycles. The minimum Gasteiger partial charge on any atom is -0.494 e. The molecule has 0 radical (unpaired) electrons. The van der Waals surface area contributed by atoms with Gasteiger partial charge in [-0.15, -0.1) is 0 Å². The third-order valence-corrected chi connectivity index (χ3v) is 6.93. The minimum atomic E-state index is -0.367. The quantitative estimate of drug-likeness (QED) is 0.495. The maximum absolute atomic E-state index is 14.5. The molecule has 2 aromatic rings. The average molecular weight is 420 g/mol. The first-order chi connectivity index (χ1) is 14.8. The Kier molecular flexibility index (Phi) is 4.65. The lowest BCUT2D eigenvalue weighted by Crippen LogP contribution is -2.51. The summed E-state index contributed by atoms with van der Waals surface area (Å²) in [5.41, 5.74) is 8.10. The molecule has 2 heterocycles. The zero-order chi connectivity index (χ0) is 21.9. The lowest BCUT2D eigenvalue weighted by Gasteiger charge is -2.49. The van der Waals surface area contributed by atoms with Gasteiger partial charge in [0.2, 0.25) is 0 Å². The van der Waals surface area contributed by atoms with E-state index in [1.165, 1.54) is 48.4 Å². The van der Waals surface area contributed by atoms with Crippen LogP contribution in [0.1, 0.15) is 58.1 Å². The van der Waals surface area contributed by atoms with Crippen molar-refractivity contribution in [1.82, 2.24) is 0 Å². The van der Waals surface area contributed by atoms with Gasteiger partial charge in [-0.25, -0.2) is 4.39 Å². The second-order valence-electron chi connectivity index (χ2n) is 9.58. The van der Waals surface area contributed by atoms with Gasteiger partial charge >= 0.3 is 0 Å². The van der Waals surface area contributed by atoms with Gasteiger partial charge in [-0.1, -0.05) is 23.8 Å². The van der Waals surface area contributed by atoms with E-state index < -0.39 is 0 Å². The number of allylic oxidation sites excluding steroid dienone is 2. The van der Waals surface area contributed by atoms with Gasteiger partial charge in [-0.3, -0.25) is 0 Å². The van der Waals surface area contributed by atoms with E-state index in [2.05, 4.69) is 56.9 Å². The SMILES string of the molecule is COc1cc2c(cc1F)-c1ccc3c(c1CO2)C(C)=CC(C)(C)N3C1C=C(C)CCC1. The lowest BCUT2D eigenvalue weighted by atomic mass is 9.81. The van der Waals surface area contributed by atoms with Crippen LogP contribution in [0.2, 0.25) is 0 Å². The number of benzene rings is 2. The molecule has 3 aliphatic rings. The first-order valence-corrected chi connectivity index (χ1v) is 11.1. The molecule has 0 spiro atoms. The van der Waals surface area contributed by atoms with Crippen LogP contribution in [0.15, 0.2) is 42.0 Å². The Morgan fingerprint density at radius 1 is 1.16 bits per heavy atom. The topological polar surface area (TPSA) is 21.7 Å². The Labute approximate surface area is 184 Å². The van der Waals surface area contributed by atoms with Crippen molar-refractivity contribution in [3.63, 3.8) is 0 Å². The summed E-state index contributed by atoms with van der Waals surface area (Å²) in [4.78, 5) is 2.57. The number of halogens is 1. The number of nitrogens with zero attached hydrogens (tertiary/aromatic N) is 1. The highest BCUT2D eigenvalue weighted by Crippen LogP contribution is 2.49. The van der Waals surface area contributed by atoms with E-state index in [4.69, 9.17) is 9.47 Å². The Hall–Kier alpha value is -2.75. The smallest absolute Gasteiger partial charge is 0.165 e. The van der Waals surface area contributed by atoms with E-state index >= 15 is 0 Å². The number of ether oxygens (including phenoxy) is 2. The Balaban J connectivity index is 1.69. The number of anilines is 1. The summed E-state index contributed by atoms with van der Waals surface area (Å²) in [6.07, 6.45) is 8.39. The van der Waals surface area contributed by atoms with E-state index in [-0.39, 0.29) is 17.1 Å². The van der Waals surface area contributed by atoms with Crippen molar-refractivity contribution >= 4 is 11.3 Å². The molecule has 0 N–H and O–H groups in total. The number of methoxy groups -OCH3 is 1. The molecule has 2 aromatic carbocycles. The highest BCUT2D eigenvalue weighted by molar-refractivity contribution is 5.90. The highest BCUT2D eigenvalue weighted by atomic mass is 19.1. The molecular formula is C27H30FNO2. The second-order valence-corrected chi connectivity index (χ2v) is 9.58. The summed E-state index contributed by atoms with van der Waals surface area (Å²) in [7, 11) is 1.48. The summed E-state index contributed by atoms with van der Waals surface area (Å²) in [5.74, 6) is 0.517. The van der Waals surface area contributed by atoms with Crippen LogP contribution < -0.4 is 14.4 Å². The van der Waals surface area contributed by atoms with E-state index in [9.17, 15) is 4.39 Å². The molecule has 1 unspecified atom stereocenters. The molecule has 1 atom stereocenters. The zero-order valence-corrected chi connectivity index (χ0v) is 19.0. The van der Waals surface area contributed by atoms with Gasteiger partial charge in [0.25, 0.3) is 0 Å². The van der Waals surface area contributed by atoms with Crippen LogP contribution in [0.3, 0.4) is 0 Å². The van der Waals surface area contributed by atoms with Crippen molar-refractivity contribution in [3.05, 3.63) is 58.9 Å². The molecule has 3 nitrogen and oxygen atoms in total. The van der Waals surface area contributed by atoms with Gasteiger partial charge in [0.05, 0.1) is 12.6 Å². The van der Waals surface area contributed by atoms with Crippen molar-refractivity contribution in [2.75, 3.05) is 12.0 Å². The van der Waals surface area contributed by atoms with Crippen LogP contribution in [0.4, 0.5) is 10.1 Å². The summed E-state index contributed by atoms with van der Waals surface area (Å²) in [6.45, 7) is 9.49. The maximum Gasteiger partial charge on any atom is 0.165 e. The Morgan fingerprint density at radius 3 is 2.71 bits per heavy atom. The zero-order valence-electron chi connectivity index (χ0n) is 19.0. The monoisotopic (exact) mass is 419 g/mol. The van der Waals surface area contributed by atoms with Crippen molar-refractivity contribution in [2.45, 2.75) is 65.1 Å². The van der Waals surface area contributed by atoms with Crippen LogP contribution in [0, 0.1) is 5.82 Å². The van der Waals surface area contributed by atoms with Crippen LogP contribution in [0.25, 0.3) is 16.7 Å². The molecule has 0 amide bonds. The molecular weight excluding hydrogens is 389 g/mol. The van der Waals surface area contributed by atoms with Crippen LogP contribution >= 0.6 is 0 Å². The van der Waals surface area contributed by atoms with Crippen LogP contribution in [-0.4, -0.2) is 18.7 Å². The number of hydrogen-bond acceptors (Lipinski definition) is 3. The fourth-order valence-corrected chi connectivity index (χ4v) is 5.73. The standard InChI is InChI=1S/C27H30FNO2/c1-16-7-6-8-18(11-16)29-23-10-9-19-20-12-22(28)25(30-5)13-24(20)31-15-21(19)26(23)17(2)14-27(29,3)4/h9-14,18H,6-8,15H2,1-5H3. The predicted octanol–water partition coefficient (Wildman–Crippen LogP) is 6.89. The number of rotatable bonds is 2. The van der Waals surface area contributed by atoms with E-state index in [1.807, 2.05) is 0 Å². The Morgan fingerprint density at radius 2 is 1.97 bits per heavy atom. The normalized spacial score (nSPS) is 21.2. The molecule has 4 heteroatoms. The Bertz CT molecular complexity index is 1130. The van der Waals surface area contributed by atoms with E-state index in [0.29, 0.717) is 18.4 Å². The number of hydrogen-bond donors (Lipinski definition) is 0. The van der Waals surface area contributed by atoms with Gasteiger partial charge in [-0.2, -0.15) is 0 Å². The molecule has 2 aliphatic heterocycles. The first-order valence-electron chi connectivity index (χ1n) is 11.1. The predicted molar refractivity (Wildman–Crippen MR) is 124 cm³/mol. The van der Waals surface area contributed by atoms with Gasteiger partial charge in [0.15, 0.2) is 11.6 Å². The largest absolute Gasteiger partial charge is 0.494 e. The first kappa shape index (κ1) is 20.2. The summed E-state index contributed by atoms with van der Waals surface area (Å²) >= 11 is 0.